The first kappa shape index (κ1) is 15.5. The van der Waals surface area contributed by atoms with Crippen LogP contribution in [0, 0.1) is 5.41 Å². The smallest absolute Gasteiger partial charge is 0.311 e. The summed E-state index contributed by atoms with van der Waals surface area (Å²) in [5.74, 6) is -1.01. The maximum Gasteiger partial charge on any atom is 0.311 e. The summed E-state index contributed by atoms with van der Waals surface area (Å²) < 4.78 is 0. The molecule has 2 rings (SSSR count). The second-order valence-electron chi connectivity index (χ2n) is 5.73. The Balaban J connectivity index is 2.10. The Morgan fingerprint density at radius 3 is 2.62 bits per heavy atom. The van der Waals surface area contributed by atoms with E-state index in [2.05, 4.69) is 0 Å². The number of nitrogens with two attached hydrogens (primary N) is 1. The molecule has 5 nitrogen and oxygen atoms in total. The second kappa shape index (κ2) is 6.26. The van der Waals surface area contributed by atoms with Crippen molar-refractivity contribution in [2.24, 2.45) is 11.1 Å². The van der Waals surface area contributed by atoms with Crippen molar-refractivity contribution in [1.82, 2.24) is 4.90 Å². The van der Waals surface area contributed by atoms with E-state index in [0.717, 1.165) is 12.0 Å². The number of carboxylic acid groups (broad SMARTS) is 1. The van der Waals surface area contributed by atoms with Crippen LogP contribution in [-0.2, 0) is 9.59 Å². The molecular formula is C16H22N2O3. The van der Waals surface area contributed by atoms with E-state index in [9.17, 15) is 14.7 Å². The molecule has 1 saturated heterocycles. The molecule has 0 aliphatic carbocycles. The molecule has 1 amide bonds. The number of hydrogen-bond acceptors (Lipinski definition) is 3. The van der Waals surface area contributed by atoms with Gasteiger partial charge in [0.2, 0.25) is 5.91 Å². The number of carboxylic acids is 1. The largest absolute Gasteiger partial charge is 0.481 e. The molecule has 0 bridgehead atoms. The van der Waals surface area contributed by atoms with Gasteiger partial charge in [-0.05, 0) is 18.4 Å². The molecule has 3 N–H and O–H groups in total. The Labute approximate surface area is 124 Å². The highest BCUT2D eigenvalue weighted by Crippen LogP contribution is 2.36. The molecule has 1 aromatic carbocycles. The van der Waals surface area contributed by atoms with E-state index >= 15 is 0 Å². The van der Waals surface area contributed by atoms with Gasteiger partial charge in [0.25, 0.3) is 0 Å². The first-order valence-corrected chi connectivity index (χ1v) is 7.33. The minimum atomic E-state index is -0.812. The minimum Gasteiger partial charge on any atom is -0.481 e. The molecule has 0 spiro atoms. The first-order valence-electron chi connectivity index (χ1n) is 7.33. The Morgan fingerprint density at radius 1 is 1.38 bits per heavy atom. The molecule has 1 aliphatic heterocycles. The van der Waals surface area contributed by atoms with Crippen molar-refractivity contribution in [1.29, 1.82) is 0 Å². The van der Waals surface area contributed by atoms with Gasteiger partial charge in [0, 0.05) is 13.1 Å². The van der Waals surface area contributed by atoms with Crippen LogP contribution in [-0.4, -0.2) is 35.0 Å². The zero-order chi connectivity index (χ0) is 15.5. The Bertz CT molecular complexity index is 518. The van der Waals surface area contributed by atoms with Gasteiger partial charge in [0.05, 0.1) is 5.41 Å². The van der Waals surface area contributed by atoms with Gasteiger partial charge in [0.1, 0.15) is 6.04 Å². The van der Waals surface area contributed by atoms with Crippen LogP contribution in [0.4, 0.5) is 0 Å². The number of nitrogens with zero attached hydrogens (tertiary/aromatic N) is 1. The van der Waals surface area contributed by atoms with Crippen molar-refractivity contribution in [2.75, 3.05) is 13.1 Å². The van der Waals surface area contributed by atoms with Crippen LogP contribution in [0.2, 0.25) is 0 Å². The quantitative estimate of drug-likeness (QED) is 0.866. The summed E-state index contributed by atoms with van der Waals surface area (Å²) in [5, 5.41) is 9.48. The molecule has 5 heteroatoms. The van der Waals surface area contributed by atoms with Crippen LogP contribution in [0.3, 0.4) is 0 Å². The van der Waals surface area contributed by atoms with Crippen molar-refractivity contribution in [3.63, 3.8) is 0 Å². The highest BCUT2D eigenvalue weighted by molar-refractivity contribution is 5.85. The average Bonchev–Trinajstić information content (AvgIpc) is 2.93. The van der Waals surface area contributed by atoms with Gasteiger partial charge < -0.3 is 15.7 Å². The molecule has 0 radical (unpaired) electrons. The lowest BCUT2D eigenvalue weighted by Crippen LogP contribution is -2.40. The topological polar surface area (TPSA) is 83.6 Å². The third-order valence-electron chi connectivity index (χ3n) is 4.27. The average molecular weight is 290 g/mol. The van der Waals surface area contributed by atoms with E-state index in [4.69, 9.17) is 5.73 Å². The van der Waals surface area contributed by atoms with Crippen LogP contribution >= 0.6 is 0 Å². The lowest BCUT2D eigenvalue weighted by atomic mass is 9.83. The maximum atomic E-state index is 12.5. The summed E-state index contributed by atoms with van der Waals surface area (Å²) in [5.41, 5.74) is 5.97. The number of aliphatic carboxylic acids is 1. The Kier molecular flexibility index (Phi) is 4.63. The zero-order valence-corrected chi connectivity index (χ0v) is 12.3. The molecule has 0 saturated carbocycles. The molecule has 1 unspecified atom stereocenters. The molecule has 21 heavy (non-hydrogen) atoms. The van der Waals surface area contributed by atoms with Crippen LogP contribution in [0.5, 0.6) is 0 Å². The Morgan fingerprint density at radius 2 is 2.05 bits per heavy atom. The molecule has 1 heterocycles. The maximum absolute atomic E-state index is 12.5. The highest BCUT2D eigenvalue weighted by Gasteiger charge is 2.46. The van der Waals surface area contributed by atoms with Crippen LogP contribution in [0.15, 0.2) is 30.3 Å². The predicted molar refractivity (Wildman–Crippen MR) is 79.5 cm³/mol. The second-order valence-corrected chi connectivity index (χ2v) is 5.73. The van der Waals surface area contributed by atoms with E-state index in [1.807, 2.05) is 37.3 Å². The summed E-state index contributed by atoms with van der Waals surface area (Å²) in [4.78, 5) is 25.6. The number of benzene rings is 1. The van der Waals surface area contributed by atoms with Gasteiger partial charge in [-0.1, -0.05) is 43.7 Å². The molecule has 1 fully saturated rings. The fourth-order valence-corrected chi connectivity index (χ4v) is 3.02. The number of hydrogen-bond donors (Lipinski definition) is 2. The Hall–Kier alpha value is -1.88. The summed E-state index contributed by atoms with van der Waals surface area (Å²) in [7, 11) is 0. The number of carbonyl (C=O) groups excluding carboxylic acids is 1. The fraction of sp³-hybridized carbons (Fsp3) is 0.500. The molecule has 0 aromatic heterocycles. The number of carbonyl (C=O) groups is 2. The SMILES string of the molecule is CCCC1(C(=O)O)CCN(C(=O)[C@@H](N)c2ccccc2)C1. The van der Waals surface area contributed by atoms with Crippen LogP contribution in [0.25, 0.3) is 0 Å². The standard InChI is InChI=1S/C16H22N2O3/c1-2-8-16(15(20)21)9-10-18(11-16)14(19)13(17)12-6-4-3-5-7-12/h3-7,13H,2,8-11,17H2,1H3,(H,20,21)/t13-,16?/m0/s1. The zero-order valence-electron chi connectivity index (χ0n) is 12.3. The summed E-state index contributed by atoms with van der Waals surface area (Å²) >= 11 is 0. The van der Waals surface area contributed by atoms with Gasteiger partial charge in [-0.2, -0.15) is 0 Å². The normalized spacial score (nSPS) is 23.0. The third-order valence-corrected chi connectivity index (χ3v) is 4.27. The van der Waals surface area contributed by atoms with E-state index < -0.39 is 17.4 Å². The molecule has 114 valence electrons. The molecule has 2 atom stereocenters. The lowest BCUT2D eigenvalue weighted by Gasteiger charge is -2.25. The molecule has 1 aromatic rings. The van der Waals surface area contributed by atoms with Crippen molar-refractivity contribution < 1.29 is 14.7 Å². The first-order chi connectivity index (χ1) is 10.00. The number of amides is 1. The van der Waals surface area contributed by atoms with Gasteiger partial charge in [-0.25, -0.2) is 0 Å². The van der Waals surface area contributed by atoms with E-state index in [1.165, 1.54) is 0 Å². The summed E-state index contributed by atoms with van der Waals surface area (Å²) in [6.07, 6.45) is 1.88. The van der Waals surface area contributed by atoms with E-state index in [0.29, 0.717) is 19.4 Å². The van der Waals surface area contributed by atoms with Crippen LogP contribution < -0.4 is 5.73 Å². The lowest BCUT2D eigenvalue weighted by molar-refractivity contribution is -0.149. The molecule has 1 aliphatic rings. The van der Waals surface area contributed by atoms with Gasteiger partial charge in [-0.3, -0.25) is 9.59 Å². The third kappa shape index (κ3) is 3.08. The highest BCUT2D eigenvalue weighted by atomic mass is 16.4. The molecular weight excluding hydrogens is 268 g/mol. The van der Waals surface area contributed by atoms with Crippen molar-refractivity contribution in [3.8, 4) is 0 Å². The van der Waals surface area contributed by atoms with Crippen molar-refractivity contribution in [2.45, 2.75) is 32.2 Å². The van der Waals surface area contributed by atoms with E-state index in [-0.39, 0.29) is 12.5 Å². The van der Waals surface area contributed by atoms with Crippen molar-refractivity contribution >= 4 is 11.9 Å². The van der Waals surface area contributed by atoms with E-state index in [1.54, 1.807) is 4.90 Å². The van der Waals surface area contributed by atoms with Gasteiger partial charge in [-0.15, -0.1) is 0 Å². The van der Waals surface area contributed by atoms with Crippen molar-refractivity contribution in [3.05, 3.63) is 35.9 Å². The monoisotopic (exact) mass is 290 g/mol. The summed E-state index contributed by atoms with van der Waals surface area (Å²) in [6.45, 7) is 2.69. The number of likely N-dealkylation sites (tertiary alicyclic amines) is 1. The van der Waals surface area contributed by atoms with Gasteiger partial charge in [0.15, 0.2) is 0 Å². The predicted octanol–water partition coefficient (Wildman–Crippen LogP) is 1.79. The van der Waals surface area contributed by atoms with Crippen LogP contribution in [0.1, 0.15) is 37.8 Å². The minimum absolute atomic E-state index is 0.194. The number of rotatable bonds is 5. The summed E-state index contributed by atoms with van der Waals surface area (Å²) in [6, 6.07) is 8.45. The van der Waals surface area contributed by atoms with Gasteiger partial charge >= 0.3 is 5.97 Å². The fourth-order valence-electron chi connectivity index (χ4n) is 3.02.